The van der Waals surface area contributed by atoms with Crippen molar-refractivity contribution in [3.05, 3.63) is 35.9 Å². The SMILES string of the molecule is O=C(NC1CC1c1ccccc1)N1CCCCC1CCO. The molecule has 1 heterocycles. The Labute approximate surface area is 126 Å². The van der Waals surface area contributed by atoms with Gasteiger partial charge >= 0.3 is 6.03 Å². The molecule has 0 bridgehead atoms. The summed E-state index contributed by atoms with van der Waals surface area (Å²) in [6.07, 6.45) is 4.97. The lowest BCUT2D eigenvalue weighted by Crippen LogP contribution is -2.49. The zero-order valence-corrected chi connectivity index (χ0v) is 12.4. The number of carbonyl (C=O) groups is 1. The van der Waals surface area contributed by atoms with E-state index in [2.05, 4.69) is 29.6 Å². The van der Waals surface area contributed by atoms with Crippen LogP contribution in [-0.2, 0) is 0 Å². The molecule has 3 atom stereocenters. The van der Waals surface area contributed by atoms with Crippen LogP contribution in [0.2, 0.25) is 0 Å². The van der Waals surface area contributed by atoms with Gasteiger partial charge in [0.25, 0.3) is 0 Å². The summed E-state index contributed by atoms with van der Waals surface area (Å²) in [6.45, 7) is 0.976. The first-order valence-electron chi connectivity index (χ1n) is 8.02. The number of urea groups is 1. The second-order valence-corrected chi connectivity index (χ2v) is 6.16. The Kier molecular flexibility index (Phi) is 4.44. The van der Waals surface area contributed by atoms with Crippen molar-refractivity contribution < 1.29 is 9.90 Å². The number of benzene rings is 1. The second-order valence-electron chi connectivity index (χ2n) is 6.16. The number of amides is 2. The summed E-state index contributed by atoms with van der Waals surface area (Å²) in [5.74, 6) is 0.469. The van der Waals surface area contributed by atoms with Crippen molar-refractivity contribution in [1.82, 2.24) is 10.2 Å². The monoisotopic (exact) mass is 288 g/mol. The van der Waals surface area contributed by atoms with Crippen LogP contribution in [0.25, 0.3) is 0 Å². The lowest BCUT2D eigenvalue weighted by Gasteiger charge is -2.35. The van der Waals surface area contributed by atoms with Crippen molar-refractivity contribution in [2.24, 2.45) is 0 Å². The van der Waals surface area contributed by atoms with Gasteiger partial charge in [-0.3, -0.25) is 0 Å². The molecule has 4 heteroatoms. The highest BCUT2D eigenvalue weighted by Gasteiger charge is 2.40. The molecule has 1 aromatic carbocycles. The predicted octanol–water partition coefficient (Wildman–Crippen LogP) is 2.49. The summed E-state index contributed by atoms with van der Waals surface area (Å²) in [7, 11) is 0. The second kappa shape index (κ2) is 6.48. The summed E-state index contributed by atoms with van der Waals surface area (Å²) in [6, 6.07) is 10.9. The molecule has 1 aromatic rings. The molecule has 1 aliphatic carbocycles. The maximum absolute atomic E-state index is 12.4. The molecule has 4 nitrogen and oxygen atoms in total. The van der Waals surface area contributed by atoms with Gasteiger partial charge in [-0.05, 0) is 37.7 Å². The number of piperidine rings is 1. The maximum atomic E-state index is 12.4. The molecule has 0 radical (unpaired) electrons. The van der Waals surface area contributed by atoms with Gasteiger partial charge in [0, 0.05) is 31.2 Å². The molecule has 3 rings (SSSR count). The number of hydrogen-bond donors (Lipinski definition) is 2. The van der Waals surface area contributed by atoms with Crippen molar-refractivity contribution in [3.63, 3.8) is 0 Å². The topological polar surface area (TPSA) is 52.6 Å². The van der Waals surface area contributed by atoms with Gasteiger partial charge in [0.2, 0.25) is 0 Å². The molecule has 1 aliphatic heterocycles. The highest BCUT2D eigenvalue weighted by Crippen LogP contribution is 2.40. The Hall–Kier alpha value is -1.55. The predicted molar refractivity (Wildman–Crippen MR) is 82.2 cm³/mol. The zero-order valence-electron chi connectivity index (χ0n) is 12.4. The number of nitrogens with one attached hydrogen (secondary N) is 1. The lowest BCUT2D eigenvalue weighted by molar-refractivity contribution is 0.131. The molecule has 114 valence electrons. The number of likely N-dealkylation sites (tertiary alicyclic amines) is 1. The minimum atomic E-state index is 0.0524. The van der Waals surface area contributed by atoms with Crippen LogP contribution in [0.15, 0.2) is 30.3 Å². The van der Waals surface area contributed by atoms with Gasteiger partial charge < -0.3 is 15.3 Å². The van der Waals surface area contributed by atoms with Crippen molar-refractivity contribution in [2.45, 2.75) is 50.1 Å². The van der Waals surface area contributed by atoms with Crippen LogP contribution in [0.4, 0.5) is 4.79 Å². The van der Waals surface area contributed by atoms with Gasteiger partial charge in [-0.2, -0.15) is 0 Å². The number of aliphatic hydroxyl groups is 1. The Morgan fingerprint density at radius 2 is 2.10 bits per heavy atom. The summed E-state index contributed by atoms with van der Waals surface area (Å²) in [5.41, 5.74) is 1.31. The fraction of sp³-hybridized carbons (Fsp3) is 0.588. The molecule has 2 fully saturated rings. The number of hydrogen-bond acceptors (Lipinski definition) is 2. The van der Waals surface area contributed by atoms with Crippen LogP contribution >= 0.6 is 0 Å². The van der Waals surface area contributed by atoms with E-state index in [1.54, 1.807) is 0 Å². The van der Waals surface area contributed by atoms with E-state index in [0.717, 1.165) is 32.2 Å². The Balaban J connectivity index is 1.54. The normalized spacial score (nSPS) is 28.2. The molecule has 2 amide bonds. The molecule has 3 unspecified atom stereocenters. The molecular formula is C17H24N2O2. The van der Waals surface area contributed by atoms with Crippen molar-refractivity contribution in [1.29, 1.82) is 0 Å². The number of carbonyl (C=O) groups excluding carboxylic acids is 1. The van der Waals surface area contributed by atoms with Crippen molar-refractivity contribution in [3.8, 4) is 0 Å². The summed E-state index contributed by atoms with van der Waals surface area (Å²) in [4.78, 5) is 14.4. The molecular weight excluding hydrogens is 264 g/mol. The van der Waals surface area contributed by atoms with E-state index in [9.17, 15) is 4.79 Å². The van der Waals surface area contributed by atoms with Crippen LogP contribution in [-0.4, -0.2) is 41.3 Å². The van der Waals surface area contributed by atoms with Gasteiger partial charge in [-0.15, -0.1) is 0 Å². The van der Waals surface area contributed by atoms with Gasteiger partial charge in [-0.1, -0.05) is 30.3 Å². The van der Waals surface area contributed by atoms with E-state index in [0.29, 0.717) is 12.3 Å². The van der Waals surface area contributed by atoms with Crippen LogP contribution < -0.4 is 5.32 Å². The van der Waals surface area contributed by atoms with Crippen molar-refractivity contribution in [2.75, 3.05) is 13.2 Å². The van der Waals surface area contributed by atoms with E-state index >= 15 is 0 Å². The quantitative estimate of drug-likeness (QED) is 0.894. The molecule has 2 aliphatic rings. The van der Waals surface area contributed by atoms with Gasteiger partial charge in [0.1, 0.15) is 0 Å². The first kappa shape index (κ1) is 14.4. The van der Waals surface area contributed by atoms with Crippen LogP contribution in [0.5, 0.6) is 0 Å². The van der Waals surface area contributed by atoms with E-state index in [4.69, 9.17) is 5.11 Å². The Morgan fingerprint density at radius 1 is 1.29 bits per heavy atom. The molecule has 2 N–H and O–H groups in total. The molecule has 1 saturated heterocycles. The maximum Gasteiger partial charge on any atom is 0.317 e. The fourth-order valence-corrected chi connectivity index (χ4v) is 3.38. The average Bonchev–Trinajstić information content (AvgIpc) is 3.28. The summed E-state index contributed by atoms with van der Waals surface area (Å²) < 4.78 is 0. The number of aliphatic hydroxyl groups excluding tert-OH is 1. The Morgan fingerprint density at radius 3 is 2.86 bits per heavy atom. The van der Waals surface area contributed by atoms with E-state index in [1.807, 2.05) is 11.0 Å². The molecule has 0 spiro atoms. The highest BCUT2D eigenvalue weighted by atomic mass is 16.3. The minimum Gasteiger partial charge on any atom is -0.396 e. The smallest absolute Gasteiger partial charge is 0.317 e. The molecule has 1 saturated carbocycles. The van der Waals surface area contributed by atoms with Gasteiger partial charge in [0.15, 0.2) is 0 Å². The third-order valence-corrected chi connectivity index (χ3v) is 4.68. The molecule has 21 heavy (non-hydrogen) atoms. The standard InChI is InChI=1S/C17H24N2O2/c20-11-9-14-8-4-5-10-19(14)17(21)18-16-12-15(16)13-6-2-1-3-7-13/h1-3,6-7,14-16,20H,4-5,8-12H2,(H,18,21). The van der Waals surface area contributed by atoms with Crippen LogP contribution in [0.1, 0.15) is 43.6 Å². The lowest BCUT2D eigenvalue weighted by atomic mass is 10.0. The van der Waals surface area contributed by atoms with Gasteiger partial charge in [0.05, 0.1) is 0 Å². The number of rotatable bonds is 4. The Bertz CT molecular complexity index is 475. The fourth-order valence-electron chi connectivity index (χ4n) is 3.38. The van der Waals surface area contributed by atoms with Crippen LogP contribution in [0, 0.1) is 0 Å². The van der Waals surface area contributed by atoms with Crippen molar-refractivity contribution >= 4 is 6.03 Å². The minimum absolute atomic E-state index is 0.0524. The zero-order chi connectivity index (χ0) is 14.7. The third-order valence-electron chi connectivity index (χ3n) is 4.68. The highest BCUT2D eigenvalue weighted by molar-refractivity contribution is 5.75. The summed E-state index contributed by atoms with van der Waals surface area (Å²) >= 11 is 0. The van der Waals surface area contributed by atoms with Crippen LogP contribution in [0.3, 0.4) is 0 Å². The van der Waals surface area contributed by atoms with E-state index in [-0.39, 0.29) is 24.7 Å². The average molecular weight is 288 g/mol. The summed E-state index contributed by atoms with van der Waals surface area (Å²) in [5, 5.41) is 12.3. The van der Waals surface area contributed by atoms with E-state index in [1.165, 1.54) is 5.56 Å². The van der Waals surface area contributed by atoms with Gasteiger partial charge in [-0.25, -0.2) is 4.79 Å². The molecule has 0 aromatic heterocycles. The first-order valence-corrected chi connectivity index (χ1v) is 8.02. The largest absolute Gasteiger partial charge is 0.396 e. The third kappa shape index (κ3) is 3.38. The number of nitrogens with zero attached hydrogens (tertiary/aromatic N) is 1. The first-order chi connectivity index (χ1) is 10.3. The van der Waals surface area contributed by atoms with E-state index < -0.39 is 0 Å².